The maximum atomic E-state index is 12.5. The maximum absolute atomic E-state index is 12.5. The summed E-state index contributed by atoms with van der Waals surface area (Å²) in [6.07, 6.45) is 0. The van der Waals surface area contributed by atoms with Gasteiger partial charge in [0.25, 0.3) is 5.91 Å². The summed E-state index contributed by atoms with van der Waals surface area (Å²) < 4.78 is 12.5. The van der Waals surface area contributed by atoms with Crippen molar-refractivity contribution in [3.63, 3.8) is 0 Å². The average molecular weight is 188 g/mol. The van der Waals surface area contributed by atoms with Crippen molar-refractivity contribution < 1.29 is 9.18 Å². The molecule has 1 N–H and O–H groups in total. The number of nitrogens with one attached hydrogen (secondary N) is 1. The van der Waals surface area contributed by atoms with Gasteiger partial charge in [-0.15, -0.1) is 12.4 Å². The molecule has 0 saturated heterocycles. The highest BCUT2D eigenvalue weighted by molar-refractivity contribution is 5.98. The standard InChI is InChI=1S/C8H6FNO.ClH/c9-6-1-2-7-5(3-6)4-10-8(7)11;/h1-3H,4H2,(H,10,11);1H. The van der Waals surface area contributed by atoms with E-state index in [0.29, 0.717) is 12.1 Å². The predicted molar refractivity (Wildman–Crippen MR) is 44.8 cm³/mol. The molecule has 0 aromatic heterocycles. The summed E-state index contributed by atoms with van der Waals surface area (Å²) in [6, 6.07) is 4.18. The molecule has 64 valence electrons. The van der Waals surface area contributed by atoms with Crippen LogP contribution in [0.25, 0.3) is 0 Å². The van der Waals surface area contributed by atoms with Crippen LogP contribution in [0.3, 0.4) is 0 Å². The summed E-state index contributed by atoms with van der Waals surface area (Å²) in [6.45, 7) is 0.450. The first-order valence-corrected chi connectivity index (χ1v) is 3.34. The van der Waals surface area contributed by atoms with Crippen LogP contribution in [0.4, 0.5) is 4.39 Å². The minimum absolute atomic E-state index is 0. The largest absolute Gasteiger partial charge is 0.348 e. The van der Waals surface area contributed by atoms with Crippen molar-refractivity contribution >= 4 is 18.3 Å². The van der Waals surface area contributed by atoms with Crippen LogP contribution < -0.4 is 5.32 Å². The Morgan fingerprint density at radius 2 is 2.17 bits per heavy atom. The van der Waals surface area contributed by atoms with Gasteiger partial charge in [-0.25, -0.2) is 4.39 Å². The normalized spacial score (nSPS) is 13.2. The molecule has 0 bridgehead atoms. The lowest BCUT2D eigenvalue weighted by molar-refractivity contribution is 0.0966. The topological polar surface area (TPSA) is 29.1 Å². The van der Waals surface area contributed by atoms with Crippen molar-refractivity contribution in [2.24, 2.45) is 0 Å². The zero-order valence-electron chi connectivity index (χ0n) is 6.13. The van der Waals surface area contributed by atoms with Gasteiger partial charge < -0.3 is 5.32 Å². The fourth-order valence-corrected chi connectivity index (χ4v) is 1.20. The van der Waals surface area contributed by atoms with E-state index in [1.165, 1.54) is 18.2 Å². The molecule has 0 spiro atoms. The van der Waals surface area contributed by atoms with E-state index in [1.807, 2.05) is 0 Å². The third-order valence-corrected chi connectivity index (χ3v) is 1.75. The van der Waals surface area contributed by atoms with Crippen molar-refractivity contribution in [3.8, 4) is 0 Å². The van der Waals surface area contributed by atoms with Gasteiger partial charge in [-0.3, -0.25) is 4.79 Å². The smallest absolute Gasteiger partial charge is 0.251 e. The SMILES string of the molecule is Cl.O=C1NCc2cc(F)ccc21. The molecule has 1 aromatic rings. The zero-order chi connectivity index (χ0) is 7.84. The molecule has 1 aromatic carbocycles. The molecule has 1 amide bonds. The molecule has 12 heavy (non-hydrogen) atoms. The van der Waals surface area contributed by atoms with E-state index in [-0.39, 0.29) is 24.1 Å². The monoisotopic (exact) mass is 187 g/mol. The summed E-state index contributed by atoms with van der Waals surface area (Å²) in [5.41, 5.74) is 1.33. The third-order valence-electron chi connectivity index (χ3n) is 1.75. The number of benzene rings is 1. The summed E-state index contributed by atoms with van der Waals surface area (Å²) in [7, 11) is 0. The number of rotatable bonds is 0. The lowest BCUT2D eigenvalue weighted by Crippen LogP contribution is -2.12. The predicted octanol–water partition coefficient (Wildman–Crippen LogP) is 1.49. The van der Waals surface area contributed by atoms with E-state index >= 15 is 0 Å². The summed E-state index contributed by atoms with van der Waals surface area (Å²) in [5.74, 6) is -0.403. The second-order valence-electron chi connectivity index (χ2n) is 2.48. The Morgan fingerprint density at radius 3 is 2.92 bits per heavy atom. The minimum Gasteiger partial charge on any atom is -0.348 e. The van der Waals surface area contributed by atoms with Crippen LogP contribution in [-0.4, -0.2) is 5.91 Å². The van der Waals surface area contributed by atoms with Gasteiger partial charge in [-0.2, -0.15) is 0 Å². The van der Waals surface area contributed by atoms with E-state index in [2.05, 4.69) is 5.32 Å². The fourth-order valence-electron chi connectivity index (χ4n) is 1.20. The van der Waals surface area contributed by atoms with Crippen molar-refractivity contribution in [2.45, 2.75) is 6.54 Å². The second-order valence-corrected chi connectivity index (χ2v) is 2.48. The molecule has 0 aliphatic carbocycles. The van der Waals surface area contributed by atoms with Gasteiger partial charge in [0.2, 0.25) is 0 Å². The van der Waals surface area contributed by atoms with Crippen LogP contribution in [0.5, 0.6) is 0 Å². The van der Waals surface area contributed by atoms with E-state index in [0.717, 1.165) is 5.56 Å². The van der Waals surface area contributed by atoms with Crippen molar-refractivity contribution in [1.29, 1.82) is 0 Å². The third kappa shape index (κ3) is 1.28. The Kier molecular flexibility index (Phi) is 2.33. The number of fused-ring (bicyclic) bond motifs is 1. The Bertz CT molecular complexity index is 327. The van der Waals surface area contributed by atoms with Gasteiger partial charge in [0.05, 0.1) is 0 Å². The van der Waals surface area contributed by atoms with E-state index in [9.17, 15) is 9.18 Å². The fraction of sp³-hybridized carbons (Fsp3) is 0.125. The van der Waals surface area contributed by atoms with Gasteiger partial charge in [0.1, 0.15) is 5.82 Å². The molecular weight excluding hydrogens is 181 g/mol. The highest BCUT2D eigenvalue weighted by Crippen LogP contribution is 2.15. The number of hydrogen-bond acceptors (Lipinski definition) is 1. The number of carbonyl (C=O) groups excluding carboxylic acids is 1. The number of carbonyl (C=O) groups is 1. The molecule has 0 unspecified atom stereocenters. The maximum Gasteiger partial charge on any atom is 0.251 e. The highest BCUT2D eigenvalue weighted by Gasteiger charge is 2.17. The molecule has 1 heterocycles. The average Bonchev–Trinajstić information content (AvgIpc) is 2.32. The molecule has 0 fully saturated rings. The Balaban J connectivity index is 0.000000720. The second kappa shape index (κ2) is 3.11. The van der Waals surface area contributed by atoms with Crippen LogP contribution in [0.1, 0.15) is 15.9 Å². The van der Waals surface area contributed by atoms with Crippen LogP contribution >= 0.6 is 12.4 Å². The number of hydrogen-bond donors (Lipinski definition) is 1. The molecule has 0 saturated carbocycles. The highest BCUT2D eigenvalue weighted by atomic mass is 35.5. The minimum atomic E-state index is -0.291. The van der Waals surface area contributed by atoms with Gasteiger partial charge >= 0.3 is 0 Å². The lowest BCUT2D eigenvalue weighted by Gasteiger charge is -1.92. The molecule has 2 nitrogen and oxygen atoms in total. The molecule has 0 atom stereocenters. The molecule has 1 aliphatic rings. The number of amides is 1. The van der Waals surface area contributed by atoms with Crippen molar-refractivity contribution in [3.05, 3.63) is 35.1 Å². The zero-order valence-corrected chi connectivity index (χ0v) is 6.95. The van der Waals surface area contributed by atoms with Crippen LogP contribution in [0, 0.1) is 5.82 Å². The van der Waals surface area contributed by atoms with Gasteiger partial charge in [-0.05, 0) is 23.8 Å². The van der Waals surface area contributed by atoms with Crippen LogP contribution in [-0.2, 0) is 6.54 Å². The Labute approximate surface area is 75.2 Å². The summed E-state index contributed by atoms with van der Waals surface area (Å²) in [4.78, 5) is 10.9. The Morgan fingerprint density at radius 1 is 1.42 bits per heavy atom. The summed E-state index contributed by atoms with van der Waals surface area (Å²) in [5, 5.41) is 2.61. The van der Waals surface area contributed by atoms with Crippen LogP contribution in [0.2, 0.25) is 0 Å². The molecular formula is C8H7ClFNO. The van der Waals surface area contributed by atoms with Crippen molar-refractivity contribution in [2.75, 3.05) is 0 Å². The lowest BCUT2D eigenvalue weighted by atomic mass is 10.1. The van der Waals surface area contributed by atoms with Gasteiger partial charge in [0.15, 0.2) is 0 Å². The van der Waals surface area contributed by atoms with Gasteiger partial charge in [-0.1, -0.05) is 0 Å². The van der Waals surface area contributed by atoms with E-state index in [4.69, 9.17) is 0 Å². The molecule has 0 radical (unpaired) electrons. The Hall–Kier alpha value is -1.09. The van der Waals surface area contributed by atoms with Crippen molar-refractivity contribution in [1.82, 2.24) is 5.32 Å². The first-order chi connectivity index (χ1) is 5.27. The first kappa shape index (κ1) is 9.00. The number of halogens is 2. The van der Waals surface area contributed by atoms with Crippen LogP contribution in [0.15, 0.2) is 18.2 Å². The van der Waals surface area contributed by atoms with E-state index < -0.39 is 0 Å². The molecule has 1 aliphatic heterocycles. The van der Waals surface area contributed by atoms with Gasteiger partial charge in [0, 0.05) is 12.1 Å². The molecule has 4 heteroatoms. The first-order valence-electron chi connectivity index (χ1n) is 3.34. The molecule has 2 rings (SSSR count). The quantitative estimate of drug-likeness (QED) is 0.655. The van der Waals surface area contributed by atoms with E-state index in [1.54, 1.807) is 0 Å². The summed E-state index contributed by atoms with van der Waals surface area (Å²) >= 11 is 0.